The first kappa shape index (κ1) is 14.2. The number of halogens is 1. The first-order valence-corrected chi connectivity index (χ1v) is 8.10. The lowest BCUT2D eigenvalue weighted by Gasteiger charge is -2.16. The molecule has 0 radical (unpaired) electrons. The fourth-order valence-electron chi connectivity index (χ4n) is 1.15. The van der Waals surface area contributed by atoms with Gasteiger partial charge in [0.1, 0.15) is 4.21 Å². The van der Waals surface area contributed by atoms with E-state index in [9.17, 15) is 8.42 Å². The molecule has 1 rings (SSSR count). The zero-order valence-corrected chi connectivity index (χ0v) is 12.8. The molecule has 0 atom stereocenters. The molecule has 0 N–H and O–H groups in total. The lowest BCUT2D eigenvalue weighted by atomic mass is 10.1. The summed E-state index contributed by atoms with van der Waals surface area (Å²) in [6.07, 6.45) is 0.877. The molecule has 16 heavy (non-hydrogen) atoms. The zero-order valence-electron chi connectivity index (χ0n) is 9.60. The van der Waals surface area contributed by atoms with Crippen molar-refractivity contribution in [1.29, 1.82) is 0 Å². The number of nitrogens with zero attached hydrogens (tertiary/aromatic N) is 1. The van der Waals surface area contributed by atoms with Gasteiger partial charge in [0.25, 0.3) is 10.0 Å². The summed E-state index contributed by atoms with van der Waals surface area (Å²) in [4.78, 5) is 0. The van der Waals surface area contributed by atoms with E-state index in [1.165, 1.54) is 15.6 Å². The quantitative estimate of drug-likeness (QED) is 0.833. The second-order valence-electron chi connectivity index (χ2n) is 4.07. The first-order chi connectivity index (χ1) is 7.34. The zero-order chi connectivity index (χ0) is 12.3. The standard InChI is InChI=1S/C10H16BrNO2S2/c1-8(2)6-7-12(3)16(13,14)10-5-4-9(11)15-10/h4-5,8H,6-7H2,1-3H3. The van der Waals surface area contributed by atoms with Crippen molar-refractivity contribution in [3.05, 3.63) is 15.9 Å². The third kappa shape index (κ3) is 3.55. The summed E-state index contributed by atoms with van der Waals surface area (Å²) in [6.45, 7) is 4.74. The van der Waals surface area contributed by atoms with E-state index < -0.39 is 10.0 Å². The van der Waals surface area contributed by atoms with Crippen LogP contribution < -0.4 is 0 Å². The van der Waals surface area contributed by atoms with Gasteiger partial charge in [-0.05, 0) is 40.4 Å². The van der Waals surface area contributed by atoms with Crippen molar-refractivity contribution in [2.75, 3.05) is 13.6 Å². The van der Waals surface area contributed by atoms with Crippen molar-refractivity contribution in [2.45, 2.75) is 24.5 Å². The molecule has 0 saturated carbocycles. The van der Waals surface area contributed by atoms with E-state index >= 15 is 0 Å². The summed E-state index contributed by atoms with van der Waals surface area (Å²) in [5.74, 6) is 0.507. The minimum Gasteiger partial charge on any atom is -0.206 e. The molecule has 0 unspecified atom stereocenters. The Kier molecular flexibility index (Phi) is 4.97. The van der Waals surface area contributed by atoms with E-state index in [4.69, 9.17) is 0 Å². The SMILES string of the molecule is CC(C)CCN(C)S(=O)(=O)c1ccc(Br)s1. The molecule has 0 spiro atoms. The fourth-order valence-corrected chi connectivity index (χ4v) is 4.56. The second kappa shape index (κ2) is 5.62. The van der Waals surface area contributed by atoms with Crippen LogP contribution in [0.3, 0.4) is 0 Å². The molecule has 6 heteroatoms. The Morgan fingerprint density at radius 2 is 2.06 bits per heavy atom. The molecule has 0 aromatic carbocycles. The largest absolute Gasteiger partial charge is 0.252 e. The van der Waals surface area contributed by atoms with Crippen LogP contribution in [0.4, 0.5) is 0 Å². The van der Waals surface area contributed by atoms with E-state index in [2.05, 4.69) is 29.8 Å². The molecule has 1 heterocycles. The Balaban J connectivity index is 2.78. The van der Waals surface area contributed by atoms with Crippen LogP contribution in [0.1, 0.15) is 20.3 Å². The maximum atomic E-state index is 12.1. The maximum absolute atomic E-state index is 12.1. The minimum atomic E-state index is -3.29. The van der Waals surface area contributed by atoms with E-state index in [0.717, 1.165) is 10.2 Å². The molecule has 92 valence electrons. The number of hydrogen-bond acceptors (Lipinski definition) is 3. The van der Waals surface area contributed by atoms with Gasteiger partial charge in [-0.2, -0.15) is 0 Å². The second-order valence-corrected chi connectivity index (χ2v) is 8.80. The van der Waals surface area contributed by atoms with E-state index in [-0.39, 0.29) is 0 Å². The molecular formula is C10H16BrNO2S2. The molecule has 1 aromatic heterocycles. The highest BCUT2D eigenvalue weighted by atomic mass is 79.9. The van der Waals surface area contributed by atoms with Crippen molar-refractivity contribution >= 4 is 37.3 Å². The van der Waals surface area contributed by atoms with Crippen LogP contribution in [0.25, 0.3) is 0 Å². The third-order valence-electron chi connectivity index (χ3n) is 2.23. The van der Waals surface area contributed by atoms with E-state index in [0.29, 0.717) is 16.7 Å². The highest BCUT2D eigenvalue weighted by Crippen LogP contribution is 2.28. The fraction of sp³-hybridized carbons (Fsp3) is 0.600. The Morgan fingerprint density at radius 1 is 1.44 bits per heavy atom. The summed E-state index contributed by atoms with van der Waals surface area (Å²) in [5.41, 5.74) is 0. The summed E-state index contributed by atoms with van der Waals surface area (Å²) in [7, 11) is -1.66. The van der Waals surface area contributed by atoms with Crippen LogP contribution in [0, 0.1) is 5.92 Å². The van der Waals surface area contributed by atoms with Gasteiger partial charge in [0, 0.05) is 13.6 Å². The first-order valence-electron chi connectivity index (χ1n) is 5.05. The smallest absolute Gasteiger partial charge is 0.206 e. The van der Waals surface area contributed by atoms with E-state index in [1.807, 2.05) is 0 Å². The number of sulfonamides is 1. The van der Waals surface area contributed by atoms with Gasteiger partial charge in [-0.3, -0.25) is 0 Å². The number of hydrogen-bond donors (Lipinski definition) is 0. The summed E-state index contributed by atoms with van der Waals surface area (Å²) in [6, 6.07) is 3.39. The van der Waals surface area contributed by atoms with Gasteiger partial charge in [0.2, 0.25) is 0 Å². The molecule has 0 saturated heterocycles. The van der Waals surface area contributed by atoms with E-state index in [1.54, 1.807) is 19.2 Å². The lowest BCUT2D eigenvalue weighted by Crippen LogP contribution is -2.28. The van der Waals surface area contributed by atoms with Crippen molar-refractivity contribution in [3.63, 3.8) is 0 Å². The summed E-state index contributed by atoms with van der Waals surface area (Å²) in [5, 5.41) is 0. The topological polar surface area (TPSA) is 37.4 Å². The Hall–Kier alpha value is 0.0900. The van der Waals surface area contributed by atoms with Crippen molar-refractivity contribution < 1.29 is 8.42 Å². The predicted molar refractivity (Wildman–Crippen MR) is 71.3 cm³/mol. The summed E-state index contributed by atoms with van der Waals surface area (Å²) < 4.78 is 26.8. The molecule has 0 aliphatic carbocycles. The minimum absolute atomic E-state index is 0.394. The molecule has 1 aromatic rings. The Morgan fingerprint density at radius 3 is 2.50 bits per heavy atom. The van der Waals surface area contributed by atoms with Crippen molar-refractivity contribution in [3.8, 4) is 0 Å². The van der Waals surface area contributed by atoms with Gasteiger partial charge in [-0.25, -0.2) is 12.7 Å². The van der Waals surface area contributed by atoms with Crippen LogP contribution in [-0.2, 0) is 10.0 Å². The van der Waals surface area contributed by atoms with Crippen LogP contribution in [0.5, 0.6) is 0 Å². The highest BCUT2D eigenvalue weighted by Gasteiger charge is 2.22. The summed E-state index contributed by atoms with van der Waals surface area (Å²) >= 11 is 4.52. The van der Waals surface area contributed by atoms with Gasteiger partial charge >= 0.3 is 0 Å². The van der Waals surface area contributed by atoms with Gasteiger partial charge in [0.15, 0.2) is 0 Å². The van der Waals surface area contributed by atoms with Crippen molar-refractivity contribution in [2.24, 2.45) is 5.92 Å². The normalized spacial score (nSPS) is 12.6. The lowest BCUT2D eigenvalue weighted by molar-refractivity contribution is 0.429. The molecular weight excluding hydrogens is 310 g/mol. The molecule has 0 fully saturated rings. The average Bonchev–Trinajstić information content (AvgIpc) is 2.61. The molecule has 0 aliphatic rings. The predicted octanol–water partition coefficient (Wildman–Crippen LogP) is 3.18. The van der Waals surface area contributed by atoms with Gasteiger partial charge in [-0.15, -0.1) is 11.3 Å². The number of rotatable bonds is 5. The Labute approximate surface area is 110 Å². The third-order valence-corrected chi connectivity index (χ3v) is 6.18. The van der Waals surface area contributed by atoms with Crippen LogP contribution in [-0.4, -0.2) is 26.3 Å². The average molecular weight is 326 g/mol. The van der Waals surface area contributed by atoms with Crippen molar-refractivity contribution in [1.82, 2.24) is 4.31 Å². The van der Waals surface area contributed by atoms with Crippen LogP contribution in [0.15, 0.2) is 20.1 Å². The monoisotopic (exact) mass is 325 g/mol. The molecule has 0 amide bonds. The Bertz CT molecular complexity index is 439. The molecule has 3 nitrogen and oxygen atoms in total. The van der Waals surface area contributed by atoms with Gasteiger partial charge in [-0.1, -0.05) is 13.8 Å². The number of thiophene rings is 1. The van der Waals surface area contributed by atoms with Crippen LogP contribution in [0.2, 0.25) is 0 Å². The van der Waals surface area contributed by atoms with Crippen LogP contribution >= 0.6 is 27.3 Å². The maximum Gasteiger partial charge on any atom is 0.252 e. The van der Waals surface area contributed by atoms with Gasteiger partial charge in [0.05, 0.1) is 3.79 Å². The molecule has 0 bridgehead atoms. The molecule has 0 aliphatic heterocycles. The highest BCUT2D eigenvalue weighted by molar-refractivity contribution is 9.11. The van der Waals surface area contributed by atoms with Gasteiger partial charge < -0.3 is 0 Å².